The van der Waals surface area contributed by atoms with Gasteiger partial charge < -0.3 is 15.5 Å². The minimum atomic E-state index is -4.05. The van der Waals surface area contributed by atoms with Gasteiger partial charge in [0.25, 0.3) is 0 Å². The zero-order chi connectivity index (χ0) is 20.5. The van der Waals surface area contributed by atoms with Crippen molar-refractivity contribution >= 4 is 13.4 Å². The first-order valence-corrected chi connectivity index (χ1v) is 10.2. The topological polar surface area (TPSA) is 147 Å². The molecule has 146 valence electrons. The van der Waals surface area contributed by atoms with Gasteiger partial charge in [-0.05, 0) is 55.3 Å². The van der Waals surface area contributed by atoms with E-state index < -0.39 is 7.60 Å². The van der Waals surface area contributed by atoms with Crippen molar-refractivity contribution in [3.8, 4) is 11.4 Å². The maximum absolute atomic E-state index is 12.8. The zero-order valence-electron chi connectivity index (χ0n) is 15.1. The highest BCUT2D eigenvalue weighted by atomic mass is 31.2. The summed E-state index contributed by atoms with van der Waals surface area (Å²) in [4.78, 5) is 30.8. The Kier molecular flexibility index (Phi) is 5.33. The van der Waals surface area contributed by atoms with Crippen molar-refractivity contribution in [2.75, 3.05) is 6.16 Å². The first-order chi connectivity index (χ1) is 13.2. The van der Waals surface area contributed by atoms with E-state index in [0.29, 0.717) is 22.8 Å². The third kappa shape index (κ3) is 4.28. The minimum absolute atomic E-state index is 0.0561. The highest BCUT2D eigenvalue weighted by Gasteiger charge is 2.15. The average molecular weight is 401 g/mol. The lowest BCUT2D eigenvalue weighted by Crippen LogP contribution is -2.23. The third-order valence-electron chi connectivity index (χ3n) is 4.25. The summed E-state index contributed by atoms with van der Waals surface area (Å²) in [7, 11) is -4.05. The molecule has 0 aliphatic heterocycles. The highest BCUT2D eigenvalue weighted by molar-refractivity contribution is 7.51. The van der Waals surface area contributed by atoms with E-state index in [0.717, 1.165) is 5.56 Å². The van der Waals surface area contributed by atoms with E-state index >= 15 is 0 Å². The van der Waals surface area contributed by atoms with Gasteiger partial charge >= 0.3 is 13.3 Å². The monoisotopic (exact) mass is 401 g/mol. The summed E-state index contributed by atoms with van der Waals surface area (Å²) in [6.07, 6.45) is 0.0275. The Morgan fingerprint density at radius 1 is 1.11 bits per heavy atom. The molecule has 1 heterocycles. The Balaban J connectivity index is 1.90. The van der Waals surface area contributed by atoms with Crippen molar-refractivity contribution in [2.24, 2.45) is 5.73 Å². The molecule has 10 heteroatoms. The van der Waals surface area contributed by atoms with Gasteiger partial charge in [-0.3, -0.25) is 9.97 Å². The Morgan fingerprint density at radius 3 is 2.21 bits per heavy atom. The van der Waals surface area contributed by atoms with Crippen LogP contribution in [0.2, 0.25) is 0 Å². The van der Waals surface area contributed by atoms with E-state index in [2.05, 4.69) is 5.10 Å². The molecule has 28 heavy (non-hydrogen) atoms. The van der Waals surface area contributed by atoms with Gasteiger partial charge in [-0.2, -0.15) is 4.68 Å². The number of amidine groups is 1. The first kappa shape index (κ1) is 19.8. The van der Waals surface area contributed by atoms with Crippen molar-refractivity contribution in [1.82, 2.24) is 14.3 Å². The fourth-order valence-electron chi connectivity index (χ4n) is 2.80. The van der Waals surface area contributed by atoms with Crippen molar-refractivity contribution in [2.45, 2.75) is 13.3 Å². The van der Waals surface area contributed by atoms with Crippen LogP contribution in [0.4, 0.5) is 0 Å². The second kappa shape index (κ2) is 7.55. The minimum Gasteiger partial charge on any atom is -0.384 e. The number of aromatic nitrogens is 3. The number of hydrogen-bond acceptors (Lipinski definition) is 4. The molecule has 0 saturated heterocycles. The van der Waals surface area contributed by atoms with Crippen molar-refractivity contribution < 1.29 is 14.4 Å². The fraction of sp³-hybridized carbons (Fsp3) is 0.167. The van der Waals surface area contributed by atoms with Crippen LogP contribution in [0.1, 0.15) is 17.0 Å². The van der Waals surface area contributed by atoms with Crippen LogP contribution in [0.25, 0.3) is 11.4 Å². The van der Waals surface area contributed by atoms with Crippen molar-refractivity contribution in [3.05, 3.63) is 76.0 Å². The van der Waals surface area contributed by atoms with E-state index in [1.165, 1.54) is 9.25 Å². The van der Waals surface area contributed by atoms with Gasteiger partial charge in [-0.25, -0.2) is 9.36 Å². The molecule has 0 atom stereocenters. The van der Waals surface area contributed by atoms with Crippen LogP contribution in [0.3, 0.4) is 0 Å². The molecule has 5 N–H and O–H groups in total. The normalized spacial score (nSPS) is 11.5. The standard InChI is InChI=1S/C18H20N5O4P/c1-12-21-23(16-8-4-14(5-9-16)17(19)20)18(24)22(12)15-6-2-13(3-7-15)10-11-28(25,26)27/h2-9H,10-11H2,1H3,(H3,19,20)(H2,25,26,27). The van der Waals surface area contributed by atoms with Crippen LogP contribution in [-0.4, -0.2) is 36.1 Å². The Morgan fingerprint density at radius 2 is 1.68 bits per heavy atom. The number of benzene rings is 2. The Bertz CT molecular complexity index is 1110. The third-order valence-corrected chi connectivity index (χ3v) is 5.06. The van der Waals surface area contributed by atoms with E-state index in [1.54, 1.807) is 55.5 Å². The van der Waals surface area contributed by atoms with E-state index in [4.69, 9.17) is 20.9 Å². The molecule has 0 spiro atoms. The average Bonchev–Trinajstić information content (AvgIpc) is 2.94. The van der Waals surface area contributed by atoms with E-state index in [9.17, 15) is 9.36 Å². The molecular formula is C18H20N5O4P. The van der Waals surface area contributed by atoms with Gasteiger partial charge in [0.15, 0.2) is 0 Å². The summed E-state index contributed by atoms with van der Waals surface area (Å²) in [5.74, 6) is 0.433. The zero-order valence-corrected chi connectivity index (χ0v) is 16.0. The van der Waals surface area contributed by atoms with Crippen LogP contribution in [-0.2, 0) is 11.0 Å². The van der Waals surface area contributed by atoms with Gasteiger partial charge in [-0.1, -0.05) is 12.1 Å². The van der Waals surface area contributed by atoms with Gasteiger partial charge in [-0.15, -0.1) is 5.10 Å². The van der Waals surface area contributed by atoms with Crippen LogP contribution in [0.15, 0.2) is 53.3 Å². The maximum atomic E-state index is 12.8. The maximum Gasteiger partial charge on any atom is 0.355 e. The number of nitrogens with two attached hydrogens (primary N) is 1. The predicted molar refractivity (Wildman–Crippen MR) is 106 cm³/mol. The molecule has 0 radical (unpaired) electrons. The quantitative estimate of drug-likeness (QED) is 0.278. The van der Waals surface area contributed by atoms with Crippen LogP contribution < -0.4 is 11.4 Å². The molecule has 9 nitrogen and oxygen atoms in total. The fourth-order valence-corrected chi connectivity index (χ4v) is 3.35. The SMILES string of the molecule is Cc1nn(-c2ccc(C(=N)N)cc2)c(=O)n1-c1ccc(CCP(=O)(O)O)cc1. The highest BCUT2D eigenvalue weighted by Crippen LogP contribution is 2.34. The molecular weight excluding hydrogens is 381 g/mol. The molecule has 0 fully saturated rings. The van der Waals surface area contributed by atoms with Gasteiger partial charge in [0.2, 0.25) is 0 Å². The van der Waals surface area contributed by atoms with Crippen LogP contribution in [0.5, 0.6) is 0 Å². The van der Waals surface area contributed by atoms with Crippen molar-refractivity contribution in [1.29, 1.82) is 5.41 Å². The van der Waals surface area contributed by atoms with Crippen LogP contribution >= 0.6 is 7.60 Å². The number of aryl methyl sites for hydroxylation is 2. The van der Waals surface area contributed by atoms with Gasteiger partial charge in [0.05, 0.1) is 17.5 Å². The summed E-state index contributed by atoms with van der Waals surface area (Å²) >= 11 is 0. The molecule has 3 aromatic rings. The smallest absolute Gasteiger partial charge is 0.355 e. The summed E-state index contributed by atoms with van der Waals surface area (Å²) in [6, 6.07) is 13.5. The van der Waals surface area contributed by atoms with Crippen molar-refractivity contribution in [3.63, 3.8) is 0 Å². The molecule has 0 amide bonds. The Hall–Kier alpha value is -3.00. The lowest BCUT2D eigenvalue weighted by molar-refractivity contribution is 0.373. The molecule has 0 bridgehead atoms. The molecule has 0 aliphatic carbocycles. The second-order valence-corrected chi connectivity index (χ2v) is 8.12. The lowest BCUT2D eigenvalue weighted by Gasteiger charge is -2.06. The molecule has 0 aliphatic rings. The molecule has 1 aromatic heterocycles. The number of nitrogen functional groups attached to an aromatic ring is 1. The number of nitrogens with zero attached hydrogens (tertiary/aromatic N) is 3. The molecule has 3 rings (SSSR count). The molecule has 2 aromatic carbocycles. The summed E-state index contributed by atoms with van der Waals surface area (Å²) in [5, 5.41) is 11.7. The van der Waals surface area contributed by atoms with Gasteiger partial charge in [0.1, 0.15) is 11.7 Å². The summed E-state index contributed by atoms with van der Waals surface area (Å²) in [5.41, 5.74) is 7.57. The van der Waals surface area contributed by atoms with Gasteiger partial charge in [0, 0.05) is 5.56 Å². The van der Waals surface area contributed by atoms with E-state index in [1.807, 2.05) is 0 Å². The van der Waals surface area contributed by atoms with E-state index in [-0.39, 0.29) is 24.1 Å². The number of hydrogen-bond donors (Lipinski definition) is 4. The number of rotatable bonds is 6. The largest absolute Gasteiger partial charge is 0.384 e. The lowest BCUT2D eigenvalue weighted by atomic mass is 10.1. The first-order valence-electron chi connectivity index (χ1n) is 8.43. The summed E-state index contributed by atoms with van der Waals surface area (Å²) in [6.45, 7) is 1.71. The predicted octanol–water partition coefficient (Wildman–Crippen LogP) is 1.34. The Labute approximate surface area is 160 Å². The summed E-state index contributed by atoms with van der Waals surface area (Å²) < 4.78 is 13.7. The molecule has 0 unspecified atom stereocenters. The molecule has 0 saturated carbocycles. The van der Waals surface area contributed by atoms with Crippen LogP contribution in [0, 0.1) is 12.3 Å². The number of nitrogens with one attached hydrogen (secondary N) is 1. The second-order valence-electron chi connectivity index (χ2n) is 6.34.